The van der Waals surface area contributed by atoms with E-state index in [0.29, 0.717) is 13.2 Å². The number of ether oxygens (including phenoxy) is 1. The summed E-state index contributed by atoms with van der Waals surface area (Å²) < 4.78 is 5.58. The van der Waals surface area contributed by atoms with Crippen molar-refractivity contribution >= 4 is 17.4 Å². The van der Waals surface area contributed by atoms with Gasteiger partial charge in [0.05, 0.1) is 6.54 Å². The molecule has 0 saturated carbocycles. The molecule has 6 nitrogen and oxygen atoms in total. The van der Waals surface area contributed by atoms with Crippen LogP contribution in [0.15, 0.2) is 24.5 Å². The Morgan fingerprint density at radius 1 is 1.29 bits per heavy atom. The highest BCUT2D eigenvalue weighted by molar-refractivity contribution is 6.10. The number of nitrogens with zero attached hydrogens (tertiary/aromatic N) is 3. The van der Waals surface area contributed by atoms with Crippen molar-refractivity contribution < 1.29 is 9.53 Å². The maximum Gasteiger partial charge on any atom is 0.267 e. The van der Waals surface area contributed by atoms with Crippen LogP contribution in [-0.2, 0) is 12.8 Å². The molecule has 6 heteroatoms. The smallest absolute Gasteiger partial charge is 0.267 e. The Labute approximate surface area is 140 Å². The van der Waals surface area contributed by atoms with E-state index in [2.05, 4.69) is 29.0 Å². The van der Waals surface area contributed by atoms with Crippen LogP contribution in [0.4, 0.5) is 11.5 Å². The van der Waals surface area contributed by atoms with Crippen molar-refractivity contribution in [1.29, 1.82) is 0 Å². The first-order valence-electron chi connectivity index (χ1n) is 8.30. The second-order valence-electron chi connectivity index (χ2n) is 6.55. The van der Waals surface area contributed by atoms with Crippen LogP contribution in [0.5, 0.6) is 5.88 Å². The van der Waals surface area contributed by atoms with Crippen molar-refractivity contribution in [3.05, 3.63) is 41.2 Å². The lowest BCUT2D eigenvalue weighted by molar-refractivity contribution is 0.0990. The third-order valence-corrected chi connectivity index (χ3v) is 4.83. The largest absolute Gasteiger partial charge is 0.475 e. The summed E-state index contributed by atoms with van der Waals surface area (Å²) >= 11 is 0. The molecule has 2 aliphatic rings. The zero-order valence-corrected chi connectivity index (χ0v) is 13.7. The summed E-state index contributed by atoms with van der Waals surface area (Å²) in [4.78, 5) is 22.6. The van der Waals surface area contributed by atoms with Gasteiger partial charge in [-0.25, -0.2) is 9.97 Å². The molecule has 0 fully saturated rings. The molecule has 1 aliphatic heterocycles. The molecule has 1 aromatic heterocycles. The number of carbonyl (C=O) groups excluding carboxylic acids is 1. The SMILES string of the molecule is CC1CCc2cc(N3CCOc4ncnc(N)c4C3=O)ccc2C1. The molecule has 0 bridgehead atoms. The molecule has 0 saturated heterocycles. The minimum atomic E-state index is -0.204. The van der Waals surface area contributed by atoms with Crippen molar-refractivity contribution in [2.24, 2.45) is 5.92 Å². The van der Waals surface area contributed by atoms with Crippen LogP contribution in [0.25, 0.3) is 0 Å². The van der Waals surface area contributed by atoms with Gasteiger partial charge in [-0.15, -0.1) is 0 Å². The van der Waals surface area contributed by atoms with Gasteiger partial charge in [-0.2, -0.15) is 0 Å². The van der Waals surface area contributed by atoms with Crippen molar-refractivity contribution in [2.75, 3.05) is 23.8 Å². The Morgan fingerprint density at radius 2 is 2.17 bits per heavy atom. The molecule has 1 aromatic carbocycles. The van der Waals surface area contributed by atoms with Crippen molar-refractivity contribution in [3.63, 3.8) is 0 Å². The van der Waals surface area contributed by atoms with Crippen molar-refractivity contribution in [3.8, 4) is 5.88 Å². The van der Waals surface area contributed by atoms with Gasteiger partial charge in [-0.1, -0.05) is 13.0 Å². The van der Waals surface area contributed by atoms with E-state index in [1.807, 2.05) is 6.07 Å². The molecule has 2 aromatic rings. The number of rotatable bonds is 1. The maximum atomic E-state index is 13.0. The highest BCUT2D eigenvalue weighted by atomic mass is 16.5. The fraction of sp³-hybridized carbons (Fsp3) is 0.389. The van der Waals surface area contributed by atoms with Gasteiger partial charge >= 0.3 is 0 Å². The number of hydrogen-bond donors (Lipinski definition) is 1. The average Bonchev–Trinajstić information content (AvgIpc) is 2.74. The third-order valence-electron chi connectivity index (χ3n) is 4.83. The van der Waals surface area contributed by atoms with Crippen molar-refractivity contribution in [2.45, 2.75) is 26.2 Å². The monoisotopic (exact) mass is 324 g/mol. The molecule has 24 heavy (non-hydrogen) atoms. The summed E-state index contributed by atoms with van der Waals surface area (Å²) in [7, 11) is 0. The molecule has 0 spiro atoms. The molecule has 1 atom stereocenters. The Morgan fingerprint density at radius 3 is 3.04 bits per heavy atom. The summed E-state index contributed by atoms with van der Waals surface area (Å²) in [5.74, 6) is 0.940. The minimum Gasteiger partial charge on any atom is -0.475 e. The molecule has 0 radical (unpaired) electrons. The van der Waals surface area contributed by atoms with Gasteiger partial charge in [0.25, 0.3) is 5.91 Å². The molecule has 1 unspecified atom stereocenters. The number of fused-ring (bicyclic) bond motifs is 2. The lowest BCUT2D eigenvalue weighted by Crippen LogP contribution is -2.33. The molecule has 1 aliphatic carbocycles. The number of carbonyl (C=O) groups is 1. The van der Waals surface area contributed by atoms with E-state index in [1.165, 1.54) is 23.9 Å². The first-order chi connectivity index (χ1) is 11.6. The van der Waals surface area contributed by atoms with E-state index in [-0.39, 0.29) is 23.2 Å². The standard InChI is InChI=1S/C18H20N4O2/c1-11-2-3-13-9-14(5-4-12(13)8-11)22-6-7-24-17-15(18(22)23)16(19)20-10-21-17/h4-5,9-11H,2-3,6-8H2,1H3,(H2,19,20,21). The second-order valence-corrected chi connectivity index (χ2v) is 6.55. The molecule has 2 heterocycles. The number of aryl methyl sites for hydroxylation is 1. The van der Waals surface area contributed by atoms with Crippen LogP contribution >= 0.6 is 0 Å². The van der Waals surface area contributed by atoms with Gasteiger partial charge in [0.1, 0.15) is 24.3 Å². The Bertz CT molecular complexity index is 806. The first kappa shape index (κ1) is 14.9. The fourth-order valence-corrected chi connectivity index (χ4v) is 3.50. The number of benzene rings is 1. The maximum absolute atomic E-state index is 13.0. The number of nitrogen functional groups attached to an aromatic ring is 1. The third kappa shape index (κ3) is 2.48. The lowest BCUT2D eigenvalue weighted by Gasteiger charge is -2.25. The van der Waals surface area contributed by atoms with Crippen molar-refractivity contribution in [1.82, 2.24) is 9.97 Å². The predicted molar refractivity (Wildman–Crippen MR) is 91.2 cm³/mol. The predicted octanol–water partition coefficient (Wildman–Crippen LogP) is 2.22. The topological polar surface area (TPSA) is 81.3 Å². The van der Waals surface area contributed by atoms with Crippen LogP contribution in [0.2, 0.25) is 0 Å². The molecular weight excluding hydrogens is 304 g/mol. The number of hydrogen-bond acceptors (Lipinski definition) is 5. The number of anilines is 2. The zero-order chi connectivity index (χ0) is 16.7. The molecule has 4 rings (SSSR count). The minimum absolute atomic E-state index is 0.156. The van der Waals surface area contributed by atoms with Crippen LogP contribution in [0, 0.1) is 5.92 Å². The van der Waals surface area contributed by atoms with E-state index in [9.17, 15) is 4.79 Å². The summed E-state index contributed by atoms with van der Waals surface area (Å²) in [6.45, 7) is 3.12. The first-order valence-corrected chi connectivity index (χ1v) is 8.30. The normalized spacial score (nSPS) is 20.0. The summed E-state index contributed by atoms with van der Waals surface area (Å²) in [6, 6.07) is 6.29. The van der Waals surface area contributed by atoms with Gasteiger partial charge in [0, 0.05) is 5.69 Å². The van der Waals surface area contributed by atoms with Crippen LogP contribution in [-0.4, -0.2) is 29.0 Å². The number of amides is 1. The van der Waals surface area contributed by atoms with E-state index in [4.69, 9.17) is 10.5 Å². The second kappa shape index (κ2) is 5.78. The van der Waals surface area contributed by atoms with Gasteiger partial charge in [0.15, 0.2) is 0 Å². The highest BCUT2D eigenvalue weighted by Crippen LogP contribution is 2.31. The fourth-order valence-electron chi connectivity index (χ4n) is 3.50. The lowest BCUT2D eigenvalue weighted by atomic mass is 9.85. The van der Waals surface area contributed by atoms with Gasteiger partial charge in [0.2, 0.25) is 5.88 Å². The van der Waals surface area contributed by atoms with E-state index in [0.717, 1.165) is 24.4 Å². The molecule has 1 amide bonds. The Hall–Kier alpha value is -2.63. The summed E-state index contributed by atoms with van der Waals surface area (Å²) in [6.07, 6.45) is 4.68. The van der Waals surface area contributed by atoms with E-state index < -0.39 is 0 Å². The molecular formula is C18H20N4O2. The molecule has 2 N–H and O–H groups in total. The summed E-state index contributed by atoms with van der Waals surface area (Å²) in [5, 5.41) is 0. The Balaban J connectivity index is 1.72. The van der Waals surface area contributed by atoms with Crippen LogP contribution < -0.4 is 15.4 Å². The number of aromatic nitrogens is 2. The Kier molecular flexibility index (Phi) is 3.59. The highest BCUT2D eigenvalue weighted by Gasteiger charge is 2.29. The van der Waals surface area contributed by atoms with Gasteiger partial charge in [-0.3, -0.25) is 4.79 Å². The van der Waals surface area contributed by atoms with Crippen LogP contribution in [0.3, 0.4) is 0 Å². The van der Waals surface area contributed by atoms with Crippen LogP contribution in [0.1, 0.15) is 34.8 Å². The van der Waals surface area contributed by atoms with E-state index in [1.54, 1.807) is 4.90 Å². The average molecular weight is 324 g/mol. The quantitative estimate of drug-likeness (QED) is 0.870. The van der Waals surface area contributed by atoms with Gasteiger partial charge in [-0.05, 0) is 48.4 Å². The zero-order valence-electron chi connectivity index (χ0n) is 13.7. The van der Waals surface area contributed by atoms with Gasteiger partial charge < -0.3 is 15.4 Å². The summed E-state index contributed by atoms with van der Waals surface area (Å²) in [5.41, 5.74) is 9.75. The number of nitrogens with two attached hydrogens (primary N) is 1. The molecule has 124 valence electrons. The van der Waals surface area contributed by atoms with E-state index >= 15 is 0 Å².